The van der Waals surface area contributed by atoms with Gasteiger partial charge in [-0.3, -0.25) is 9.59 Å². The predicted octanol–water partition coefficient (Wildman–Crippen LogP) is 1.90. The molecule has 3 atom stereocenters. The van der Waals surface area contributed by atoms with E-state index in [4.69, 9.17) is 0 Å². The molecule has 1 N–H and O–H groups in total. The Morgan fingerprint density at radius 2 is 2.04 bits per heavy atom. The molecule has 3 aliphatic rings. The number of carbonyl (C=O) groups excluding carboxylic acids is 2. The fourth-order valence-electron chi connectivity index (χ4n) is 4.82. The van der Waals surface area contributed by atoms with Gasteiger partial charge in [-0.1, -0.05) is 0 Å². The summed E-state index contributed by atoms with van der Waals surface area (Å²) in [4.78, 5) is 27.9. The molecular weight excluding hydrogens is 368 g/mol. The number of carbonyl (C=O) groups is 2. The summed E-state index contributed by atoms with van der Waals surface area (Å²) in [6, 6.07) is 0.863. The Balaban J connectivity index is 1.37. The minimum Gasteiger partial charge on any atom is -0.367 e. The molecule has 0 bridgehead atoms. The summed E-state index contributed by atoms with van der Waals surface area (Å²) >= 11 is 0. The molecule has 4 heterocycles. The number of aromatic nitrogens is 2. The van der Waals surface area contributed by atoms with Gasteiger partial charge in [-0.2, -0.15) is 5.10 Å². The summed E-state index contributed by atoms with van der Waals surface area (Å²) in [6.45, 7) is 3.53. The maximum atomic E-state index is 13.6. The van der Waals surface area contributed by atoms with Crippen molar-refractivity contribution in [1.29, 1.82) is 0 Å². The highest BCUT2D eigenvalue weighted by atomic mass is 19.3. The normalized spacial score (nSPS) is 28.6. The summed E-state index contributed by atoms with van der Waals surface area (Å²) in [5.74, 6) is 0.714. The van der Waals surface area contributed by atoms with Crippen LogP contribution < -0.4 is 5.32 Å². The van der Waals surface area contributed by atoms with Gasteiger partial charge in [0.05, 0.1) is 11.6 Å². The van der Waals surface area contributed by atoms with E-state index in [1.165, 1.54) is 4.68 Å². The van der Waals surface area contributed by atoms with Gasteiger partial charge in [0.25, 0.3) is 6.43 Å². The van der Waals surface area contributed by atoms with Crippen LogP contribution in [0.1, 0.15) is 37.4 Å². The van der Waals surface area contributed by atoms with E-state index in [0.717, 1.165) is 18.5 Å². The highest BCUT2D eigenvalue weighted by Crippen LogP contribution is 2.37. The second-order valence-corrected chi connectivity index (χ2v) is 8.34. The van der Waals surface area contributed by atoms with Crippen molar-refractivity contribution >= 4 is 17.6 Å². The molecule has 0 unspecified atom stereocenters. The summed E-state index contributed by atoms with van der Waals surface area (Å²) in [6.07, 6.45) is -0.266. The number of rotatable bonds is 3. The van der Waals surface area contributed by atoms with Crippen LogP contribution in [0.4, 0.5) is 14.6 Å². The summed E-state index contributed by atoms with van der Waals surface area (Å²) < 4.78 is 28.6. The number of aryl methyl sites for hydroxylation is 1. The second-order valence-electron chi connectivity index (χ2n) is 8.34. The van der Waals surface area contributed by atoms with Crippen LogP contribution in [0.15, 0.2) is 6.07 Å². The van der Waals surface area contributed by atoms with Crippen molar-refractivity contribution in [1.82, 2.24) is 19.6 Å². The molecule has 3 aliphatic heterocycles. The molecule has 1 aromatic rings. The Hall–Kier alpha value is -2.19. The number of anilines is 1. The lowest BCUT2D eigenvalue weighted by Crippen LogP contribution is -2.47. The zero-order valence-electron chi connectivity index (χ0n) is 16.3. The van der Waals surface area contributed by atoms with Crippen LogP contribution >= 0.6 is 0 Å². The first-order valence-corrected chi connectivity index (χ1v) is 9.97. The summed E-state index contributed by atoms with van der Waals surface area (Å²) in [5.41, 5.74) is 0.727. The summed E-state index contributed by atoms with van der Waals surface area (Å²) in [5, 5.41) is 7.61. The fraction of sp³-hybridized carbons (Fsp3) is 0.737. The van der Waals surface area contributed by atoms with Crippen LogP contribution in [0, 0.1) is 18.8 Å². The smallest absolute Gasteiger partial charge is 0.260 e. The standard InChI is InChI=1S/C19H27F2N5O2/c1-11-7-16-22-14(9-15(18(20)21)26(16)23-11)12-3-5-25(6-4-12)19(28)13-8-17(27)24(2)10-13/h7,12-15,18,22H,3-6,8-10H2,1-2H3/t13-,14-,15+/m0/s1. The fourth-order valence-corrected chi connectivity index (χ4v) is 4.82. The van der Waals surface area contributed by atoms with Crippen LogP contribution in [-0.4, -0.2) is 70.5 Å². The van der Waals surface area contributed by atoms with Crippen molar-refractivity contribution in [3.8, 4) is 0 Å². The first-order chi connectivity index (χ1) is 13.3. The van der Waals surface area contributed by atoms with Crippen molar-refractivity contribution in [2.75, 3.05) is 32.0 Å². The Labute approximate surface area is 163 Å². The third-order valence-corrected chi connectivity index (χ3v) is 6.40. The Kier molecular flexibility index (Phi) is 5.01. The van der Waals surface area contributed by atoms with E-state index >= 15 is 0 Å². The monoisotopic (exact) mass is 395 g/mol. The lowest BCUT2D eigenvalue weighted by molar-refractivity contribution is -0.137. The third kappa shape index (κ3) is 3.46. The molecule has 0 saturated carbocycles. The lowest BCUT2D eigenvalue weighted by Gasteiger charge is -2.41. The van der Waals surface area contributed by atoms with Gasteiger partial charge in [0.2, 0.25) is 11.8 Å². The minimum absolute atomic E-state index is 0.0181. The molecular formula is C19H27F2N5O2. The van der Waals surface area contributed by atoms with Gasteiger partial charge in [-0.25, -0.2) is 13.5 Å². The Morgan fingerprint density at radius 3 is 2.64 bits per heavy atom. The number of nitrogens with one attached hydrogen (secondary N) is 1. The van der Waals surface area contributed by atoms with Crippen LogP contribution in [0.25, 0.3) is 0 Å². The average molecular weight is 395 g/mol. The van der Waals surface area contributed by atoms with Gasteiger partial charge in [0.15, 0.2) is 0 Å². The van der Waals surface area contributed by atoms with Crippen molar-refractivity contribution in [3.05, 3.63) is 11.8 Å². The number of amides is 2. The van der Waals surface area contributed by atoms with E-state index in [9.17, 15) is 18.4 Å². The zero-order chi connectivity index (χ0) is 20.0. The van der Waals surface area contributed by atoms with E-state index < -0.39 is 12.5 Å². The van der Waals surface area contributed by atoms with Gasteiger partial charge in [0, 0.05) is 45.2 Å². The zero-order valence-corrected chi connectivity index (χ0v) is 16.3. The molecule has 7 nitrogen and oxygen atoms in total. The number of alkyl halides is 2. The molecule has 0 aliphatic carbocycles. The number of hydrogen-bond acceptors (Lipinski definition) is 4. The molecule has 9 heteroatoms. The highest BCUT2D eigenvalue weighted by Gasteiger charge is 2.40. The second kappa shape index (κ2) is 7.33. The topological polar surface area (TPSA) is 70.5 Å². The summed E-state index contributed by atoms with van der Waals surface area (Å²) in [7, 11) is 1.72. The molecule has 0 radical (unpaired) electrons. The van der Waals surface area contributed by atoms with E-state index in [-0.39, 0.29) is 29.7 Å². The van der Waals surface area contributed by atoms with E-state index in [1.807, 2.05) is 11.0 Å². The van der Waals surface area contributed by atoms with E-state index in [1.54, 1.807) is 18.9 Å². The number of nitrogens with zero attached hydrogens (tertiary/aromatic N) is 4. The molecule has 2 amide bonds. The van der Waals surface area contributed by atoms with Gasteiger partial charge < -0.3 is 15.1 Å². The SMILES string of the molecule is Cc1cc2n(n1)[C@@H](C(F)F)C[C@@H](C1CCN(C(=O)[C@H]3CC(=O)N(C)C3)CC1)N2. The van der Waals surface area contributed by atoms with Gasteiger partial charge >= 0.3 is 0 Å². The number of fused-ring (bicyclic) bond motifs is 1. The van der Waals surface area contributed by atoms with Gasteiger partial charge in [0.1, 0.15) is 11.9 Å². The lowest BCUT2D eigenvalue weighted by atomic mass is 9.84. The van der Waals surface area contributed by atoms with E-state index in [0.29, 0.717) is 38.3 Å². The molecule has 2 fully saturated rings. The molecule has 28 heavy (non-hydrogen) atoms. The minimum atomic E-state index is -2.46. The van der Waals surface area contributed by atoms with Crippen molar-refractivity contribution in [2.24, 2.45) is 11.8 Å². The van der Waals surface area contributed by atoms with Crippen LogP contribution in [0.3, 0.4) is 0 Å². The van der Waals surface area contributed by atoms with Crippen molar-refractivity contribution in [2.45, 2.75) is 51.1 Å². The number of piperidine rings is 1. The first kappa shape index (κ1) is 19.1. The highest BCUT2D eigenvalue weighted by molar-refractivity contribution is 5.89. The number of hydrogen-bond donors (Lipinski definition) is 1. The number of halogens is 2. The quantitative estimate of drug-likeness (QED) is 0.849. The third-order valence-electron chi connectivity index (χ3n) is 6.40. The van der Waals surface area contributed by atoms with E-state index in [2.05, 4.69) is 10.4 Å². The maximum absolute atomic E-state index is 13.6. The van der Waals surface area contributed by atoms with Crippen LogP contribution in [0.2, 0.25) is 0 Å². The molecule has 2 saturated heterocycles. The van der Waals surface area contributed by atoms with Crippen molar-refractivity contribution < 1.29 is 18.4 Å². The molecule has 154 valence electrons. The number of likely N-dealkylation sites (tertiary alicyclic amines) is 2. The molecule has 4 rings (SSSR count). The Bertz CT molecular complexity index is 760. The van der Waals surface area contributed by atoms with Gasteiger partial charge in [-0.05, 0) is 32.1 Å². The first-order valence-electron chi connectivity index (χ1n) is 9.97. The maximum Gasteiger partial charge on any atom is 0.260 e. The molecule has 0 spiro atoms. The predicted molar refractivity (Wildman–Crippen MR) is 99.1 cm³/mol. The Morgan fingerprint density at radius 1 is 1.32 bits per heavy atom. The largest absolute Gasteiger partial charge is 0.367 e. The van der Waals surface area contributed by atoms with Crippen LogP contribution in [-0.2, 0) is 9.59 Å². The van der Waals surface area contributed by atoms with Crippen molar-refractivity contribution in [3.63, 3.8) is 0 Å². The molecule has 0 aromatic carbocycles. The average Bonchev–Trinajstić information content (AvgIpc) is 3.21. The van der Waals surface area contributed by atoms with Crippen LogP contribution in [0.5, 0.6) is 0 Å². The van der Waals surface area contributed by atoms with Gasteiger partial charge in [-0.15, -0.1) is 0 Å². The molecule has 1 aromatic heterocycles.